The predicted molar refractivity (Wildman–Crippen MR) is 66.0 cm³/mol. The third kappa shape index (κ3) is 3.20. The van der Waals surface area contributed by atoms with Gasteiger partial charge in [0.1, 0.15) is 5.76 Å². The summed E-state index contributed by atoms with van der Waals surface area (Å²) in [4.78, 5) is 11.8. The van der Waals surface area contributed by atoms with E-state index in [4.69, 9.17) is 4.42 Å². The van der Waals surface area contributed by atoms with Gasteiger partial charge in [0.2, 0.25) is 0 Å². The van der Waals surface area contributed by atoms with Crippen LogP contribution in [0.1, 0.15) is 29.0 Å². The van der Waals surface area contributed by atoms with Crippen molar-refractivity contribution < 1.29 is 9.21 Å². The zero-order valence-electron chi connectivity index (χ0n) is 10.1. The molecular formula is C13H18N2O2. The lowest BCUT2D eigenvalue weighted by molar-refractivity contribution is 0.0952. The number of hydrogen-bond acceptors (Lipinski definition) is 3. The van der Waals surface area contributed by atoms with E-state index in [1.807, 2.05) is 0 Å². The van der Waals surface area contributed by atoms with Gasteiger partial charge in [0.05, 0.1) is 11.8 Å². The molecule has 2 N–H and O–H groups in total. The third-order valence-electron chi connectivity index (χ3n) is 2.99. The first-order chi connectivity index (χ1) is 8.27. The van der Waals surface area contributed by atoms with Crippen molar-refractivity contribution >= 4 is 5.91 Å². The van der Waals surface area contributed by atoms with Crippen molar-refractivity contribution in [2.24, 2.45) is 0 Å². The maximum absolute atomic E-state index is 11.8. The van der Waals surface area contributed by atoms with E-state index in [0.717, 1.165) is 25.9 Å². The fourth-order valence-corrected chi connectivity index (χ4v) is 1.95. The highest BCUT2D eigenvalue weighted by Crippen LogP contribution is 2.10. The number of hydrogen-bond donors (Lipinski definition) is 2. The van der Waals surface area contributed by atoms with Crippen LogP contribution in [-0.2, 0) is 0 Å². The van der Waals surface area contributed by atoms with Crippen LogP contribution >= 0.6 is 0 Å². The highest BCUT2D eigenvalue weighted by atomic mass is 16.3. The largest absolute Gasteiger partial charge is 0.469 e. The Balaban J connectivity index is 1.77. The quantitative estimate of drug-likeness (QED) is 0.778. The van der Waals surface area contributed by atoms with Gasteiger partial charge in [-0.05, 0) is 32.4 Å². The Morgan fingerprint density at radius 2 is 2.47 bits per heavy atom. The first-order valence-electron chi connectivity index (χ1n) is 5.98. The van der Waals surface area contributed by atoms with Crippen molar-refractivity contribution in [3.8, 4) is 0 Å². The van der Waals surface area contributed by atoms with E-state index in [9.17, 15) is 4.79 Å². The molecule has 1 aromatic rings. The fourth-order valence-electron chi connectivity index (χ4n) is 1.95. The maximum atomic E-state index is 11.8. The Kier molecular flexibility index (Phi) is 3.98. The number of furan rings is 1. The van der Waals surface area contributed by atoms with Gasteiger partial charge in [-0.15, -0.1) is 0 Å². The summed E-state index contributed by atoms with van der Waals surface area (Å²) >= 11 is 0. The number of amides is 1. The summed E-state index contributed by atoms with van der Waals surface area (Å²) < 4.78 is 5.10. The monoisotopic (exact) mass is 234 g/mol. The molecule has 2 heterocycles. The van der Waals surface area contributed by atoms with Crippen LogP contribution in [0.5, 0.6) is 0 Å². The lowest BCUT2D eigenvalue weighted by Crippen LogP contribution is -2.26. The highest BCUT2D eigenvalue weighted by Gasteiger charge is 2.10. The lowest BCUT2D eigenvalue weighted by Gasteiger charge is -2.14. The molecule has 0 saturated heterocycles. The van der Waals surface area contributed by atoms with Crippen LogP contribution in [0.2, 0.25) is 0 Å². The highest BCUT2D eigenvalue weighted by molar-refractivity contribution is 5.94. The lowest BCUT2D eigenvalue weighted by atomic mass is 10.1. The molecule has 0 aliphatic carbocycles. The fraction of sp³-hybridized carbons (Fsp3) is 0.462. The summed E-state index contributed by atoms with van der Waals surface area (Å²) in [5, 5.41) is 6.18. The molecule has 0 bridgehead atoms. The second kappa shape index (κ2) is 5.68. The van der Waals surface area contributed by atoms with Crippen LogP contribution in [-0.4, -0.2) is 25.5 Å². The van der Waals surface area contributed by atoms with E-state index in [2.05, 4.69) is 16.7 Å². The van der Waals surface area contributed by atoms with Gasteiger partial charge in [-0.25, -0.2) is 0 Å². The van der Waals surface area contributed by atoms with E-state index in [0.29, 0.717) is 17.9 Å². The number of rotatable bonds is 4. The van der Waals surface area contributed by atoms with Gasteiger partial charge < -0.3 is 15.1 Å². The summed E-state index contributed by atoms with van der Waals surface area (Å²) in [7, 11) is 0. The van der Waals surface area contributed by atoms with E-state index >= 15 is 0 Å². The zero-order chi connectivity index (χ0) is 12.1. The summed E-state index contributed by atoms with van der Waals surface area (Å²) in [5.74, 6) is 0.620. The van der Waals surface area contributed by atoms with Gasteiger partial charge in [-0.3, -0.25) is 4.79 Å². The van der Waals surface area contributed by atoms with Crippen molar-refractivity contribution in [2.45, 2.75) is 19.8 Å². The molecule has 1 aromatic heterocycles. The molecule has 0 aromatic carbocycles. The van der Waals surface area contributed by atoms with E-state index in [1.54, 1.807) is 19.3 Å². The van der Waals surface area contributed by atoms with Crippen LogP contribution in [0.4, 0.5) is 0 Å². The first kappa shape index (κ1) is 11.9. The SMILES string of the molecule is Cc1occc1C(=O)NCCC1=CCNCC1. The van der Waals surface area contributed by atoms with Crippen molar-refractivity contribution in [3.05, 3.63) is 35.3 Å². The first-order valence-corrected chi connectivity index (χ1v) is 5.98. The van der Waals surface area contributed by atoms with Crippen molar-refractivity contribution in [2.75, 3.05) is 19.6 Å². The van der Waals surface area contributed by atoms with Gasteiger partial charge in [0.15, 0.2) is 0 Å². The molecule has 4 nitrogen and oxygen atoms in total. The number of aryl methyl sites for hydroxylation is 1. The van der Waals surface area contributed by atoms with Crippen LogP contribution in [0.15, 0.2) is 28.4 Å². The Morgan fingerprint density at radius 3 is 3.12 bits per heavy atom. The average Bonchev–Trinajstić information content (AvgIpc) is 2.77. The maximum Gasteiger partial charge on any atom is 0.254 e. The van der Waals surface area contributed by atoms with E-state index in [1.165, 1.54) is 5.57 Å². The van der Waals surface area contributed by atoms with Gasteiger partial charge in [0.25, 0.3) is 5.91 Å². The number of carbonyl (C=O) groups is 1. The molecule has 0 saturated carbocycles. The van der Waals surface area contributed by atoms with E-state index in [-0.39, 0.29) is 5.91 Å². The molecule has 17 heavy (non-hydrogen) atoms. The minimum atomic E-state index is -0.0502. The van der Waals surface area contributed by atoms with Gasteiger partial charge >= 0.3 is 0 Å². The second-order valence-corrected chi connectivity index (χ2v) is 4.21. The van der Waals surface area contributed by atoms with Gasteiger partial charge in [0, 0.05) is 13.1 Å². The molecule has 1 aliphatic rings. The van der Waals surface area contributed by atoms with Crippen LogP contribution in [0.25, 0.3) is 0 Å². The Labute approximate surface area is 101 Å². The topological polar surface area (TPSA) is 54.3 Å². The summed E-state index contributed by atoms with van der Waals surface area (Å²) in [6.45, 7) is 4.48. The normalized spacial score (nSPS) is 15.5. The minimum Gasteiger partial charge on any atom is -0.469 e. The van der Waals surface area contributed by atoms with Gasteiger partial charge in [-0.1, -0.05) is 11.6 Å². The smallest absolute Gasteiger partial charge is 0.254 e. The average molecular weight is 234 g/mol. The Bertz CT molecular complexity index is 421. The van der Waals surface area contributed by atoms with E-state index < -0.39 is 0 Å². The van der Waals surface area contributed by atoms with Crippen molar-refractivity contribution in [1.29, 1.82) is 0 Å². The standard InChI is InChI=1S/C13H18N2O2/c1-10-12(5-9-17-10)13(16)15-8-4-11-2-6-14-7-3-11/h2,5,9,14H,3-4,6-8H2,1H3,(H,15,16). The molecule has 1 amide bonds. The molecule has 0 spiro atoms. The molecule has 2 rings (SSSR count). The summed E-state index contributed by atoms with van der Waals surface area (Å²) in [6.07, 6.45) is 5.77. The second-order valence-electron chi connectivity index (χ2n) is 4.21. The molecular weight excluding hydrogens is 216 g/mol. The van der Waals surface area contributed by atoms with Crippen molar-refractivity contribution in [3.63, 3.8) is 0 Å². The molecule has 0 fully saturated rings. The number of nitrogens with one attached hydrogen (secondary N) is 2. The molecule has 1 aliphatic heterocycles. The zero-order valence-corrected chi connectivity index (χ0v) is 10.1. The van der Waals surface area contributed by atoms with Crippen LogP contribution in [0, 0.1) is 6.92 Å². The summed E-state index contributed by atoms with van der Waals surface area (Å²) in [6, 6.07) is 1.70. The molecule has 92 valence electrons. The van der Waals surface area contributed by atoms with Gasteiger partial charge in [-0.2, -0.15) is 0 Å². The molecule has 0 atom stereocenters. The molecule has 0 unspecified atom stereocenters. The Hall–Kier alpha value is -1.55. The summed E-state index contributed by atoms with van der Waals surface area (Å²) in [5.41, 5.74) is 2.05. The minimum absolute atomic E-state index is 0.0502. The Morgan fingerprint density at radius 1 is 1.59 bits per heavy atom. The van der Waals surface area contributed by atoms with Crippen LogP contribution in [0.3, 0.4) is 0 Å². The van der Waals surface area contributed by atoms with Crippen LogP contribution < -0.4 is 10.6 Å². The molecule has 4 heteroatoms. The third-order valence-corrected chi connectivity index (χ3v) is 2.99. The number of carbonyl (C=O) groups excluding carboxylic acids is 1. The predicted octanol–water partition coefficient (Wildman–Crippen LogP) is 1.63. The van der Waals surface area contributed by atoms with Crippen molar-refractivity contribution in [1.82, 2.24) is 10.6 Å². The molecule has 0 radical (unpaired) electrons.